The summed E-state index contributed by atoms with van der Waals surface area (Å²) in [5.74, 6) is 0.939. The van der Waals surface area contributed by atoms with E-state index < -0.39 is 0 Å². The molecule has 1 aromatic rings. The molecule has 2 heteroatoms. The Balaban J connectivity index is 1.64. The van der Waals surface area contributed by atoms with Crippen molar-refractivity contribution < 1.29 is 9.47 Å². The van der Waals surface area contributed by atoms with Crippen LogP contribution in [0.25, 0.3) is 0 Å². The van der Waals surface area contributed by atoms with Gasteiger partial charge in [0.25, 0.3) is 0 Å². The van der Waals surface area contributed by atoms with E-state index in [1.165, 1.54) is 56.9 Å². The summed E-state index contributed by atoms with van der Waals surface area (Å²) in [5, 5.41) is 0. The lowest BCUT2D eigenvalue weighted by molar-refractivity contribution is -0.105. The monoisotopic (exact) mass is 290 g/mol. The van der Waals surface area contributed by atoms with Crippen LogP contribution in [0.1, 0.15) is 70.3 Å². The van der Waals surface area contributed by atoms with Crippen LogP contribution in [-0.2, 0) is 11.2 Å². The van der Waals surface area contributed by atoms with Gasteiger partial charge in [0.15, 0.2) is 6.29 Å². The maximum Gasteiger partial charge on any atom is 0.199 e. The first-order valence-electron chi connectivity index (χ1n) is 8.75. The molecule has 1 saturated heterocycles. The highest BCUT2D eigenvalue weighted by molar-refractivity contribution is 5.27. The van der Waals surface area contributed by atoms with Crippen LogP contribution in [0.15, 0.2) is 24.3 Å². The number of rotatable bonds is 9. The Morgan fingerprint density at radius 3 is 2.48 bits per heavy atom. The second-order valence-electron chi connectivity index (χ2n) is 6.08. The summed E-state index contributed by atoms with van der Waals surface area (Å²) in [6.07, 6.45) is 12.7. The second-order valence-corrected chi connectivity index (χ2v) is 6.08. The van der Waals surface area contributed by atoms with Crippen molar-refractivity contribution in [2.24, 2.45) is 0 Å². The molecule has 0 amide bonds. The molecule has 0 bridgehead atoms. The molecule has 2 rings (SSSR count). The highest BCUT2D eigenvalue weighted by Gasteiger charge is 2.14. The molecule has 1 aliphatic heterocycles. The minimum atomic E-state index is -0.0387. The van der Waals surface area contributed by atoms with Crippen molar-refractivity contribution in [1.82, 2.24) is 0 Å². The predicted molar refractivity (Wildman–Crippen MR) is 87.7 cm³/mol. The lowest BCUT2D eigenvalue weighted by Crippen LogP contribution is -2.24. The minimum absolute atomic E-state index is 0.0387. The quantitative estimate of drug-likeness (QED) is 0.559. The molecule has 1 atom stereocenters. The van der Waals surface area contributed by atoms with E-state index in [1.54, 1.807) is 0 Å². The Bertz CT molecular complexity index is 366. The summed E-state index contributed by atoms with van der Waals surface area (Å²) in [7, 11) is 0. The Hall–Kier alpha value is -1.02. The zero-order chi connectivity index (χ0) is 14.8. The summed E-state index contributed by atoms with van der Waals surface area (Å²) in [6.45, 7) is 3.10. The smallest absolute Gasteiger partial charge is 0.199 e. The lowest BCUT2D eigenvalue weighted by atomic mass is 10.0. The van der Waals surface area contributed by atoms with E-state index in [-0.39, 0.29) is 6.29 Å². The van der Waals surface area contributed by atoms with Crippen molar-refractivity contribution in [2.75, 3.05) is 6.61 Å². The van der Waals surface area contributed by atoms with Crippen LogP contribution in [0.5, 0.6) is 5.75 Å². The Morgan fingerprint density at radius 1 is 1.00 bits per heavy atom. The van der Waals surface area contributed by atoms with Crippen LogP contribution in [0.4, 0.5) is 0 Å². The van der Waals surface area contributed by atoms with Gasteiger partial charge in [0.2, 0.25) is 0 Å². The van der Waals surface area contributed by atoms with Gasteiger partial charge in [-0.25, -0.2) is 0 Å². The molecule has 21 heavy (non-hydrogen) atoms. The van der Waals surface area contributed by atoms with E-state index in [0.717, 1.165) is 25.2 Å². The molecule has 118 valence electrons. The van der Waals surface area contributed by atoms with E-state index >= 15 is 0 Å². The Kier molecular flexibility index (Phi) is 7.66. The molecule has 0 radical (unpaired) electrons. The third-order valence-corrected chi connectivity index (χ3v) is 4.15. The molecule has 1 aliphatic rings. The fourth-order valence-corrected chi connectivity index (χ4v) is 2.80. The molecule has 0 spiro atoms. The topological polar surface area (TPSA) is 18.5 Å². The van der Waals surface area contributed by atoms with Crippen LogP contribution in [0.2, 0.25) is 0 Å². The summed E-state index contributed by atoms with van der Waals surface area (Å²) >= 11 is 0. The molecular weight excluding hydrogens is 260 g/mol. The standard InChI is InChI=1S/C19H30O2/c1-2-3-4-5-6-7-10-17-12-14-18(15-13-17)21-19-11-8-9-16-20-19/h12-15,19H,2-11,16H2,1H3. The molecular formula is C19H30O2. The first-order valence-corrected chi connectivity index (χ1v) is 8.75. The average molecular weight is 290 g/mol. The van der Waals surface area contributed by atoms with Crippen molar-refractivity contribution >= 4 is 0 Å². The summed E-state index contributed by atoms with van der Waals surface area (Å²) in [6, 6.07) is 8.57. The van der Waals surface area contributed by atoms with Crippen LogP contribution >= 0.6 is 0 Å². The van der Waals surface area contributed by atoms with Gasteiger partial charge in [0, 0.05) is 6.42 Å². The van der Waals surface area contributed by atoms with Crippen molar-refractivity contribution in [2.45, 2.75) is 77.4 Å². The van der Waals surface area contributed by atoms with Gasteiger partial charge in [-0.05, 0) is 43.4 Å². The first-order chi connectivity index (χ1) is 10.4. The number of hydrogen-bond acceptors (Lipinski definition) is 2. The van der Waals surface area contributed by atoms with E-state index in [4.69, 9.17) is 9.47 Å². The predicted octanol–water partition coefficient (Wildman–Crippen LogP) is 5.50. The maximum absolute atomic E-state index is 5.86. The number of aryl methyl sites for hydroxylation is 1. The molecule has 1 aromatic carbocycles. The molecule has 1 unspecified atom stereocenters. The van der Waals surface area contributed by atoms with Gasteiger partial charge in [-0.3, -0.25) is 0 Å². The normalized spacial score (nSPS) is 18.6. The molecule has 0 aliphatic carbocycles. The maximum atomic E-state index is 5.86. The van der Waals surface area contributed by atoms with Gasteiger partial charge in [0.1, 0.15) is 5.75 Å². The van der Waals surface area contributed by atoms with Gasteiger partial charge in [-0.2, -0.15) is 0 Å². The van der Waals surface area contributed by atoms with Gasteiger partial charge < -0.3 is 9.47 Å². The molecule has 2 nitrogen and oxygen atoms in total. The zero-order valence-corrected chi connectivity index (χ0v) is 13.5. The Morgan fingerprint density at radius 2 is 1.76 bits per heavy atom. The minimum Gasteiger partial charge on any atom is -0.465 e. The first kappa shape index (κ1) is 16.4. The summed E-state index contributed by atoms with van der Waals surface area (Å²) < 4.78 is 11.5. The van der Waals surface area contributed by atoms with E-state index in [9.17, 15) is 0 Å². The van der Waals surface area contributed by atoms with E-state index in [2.05, 4.69) is 31.2 Å². The largest absolute Gasteiger partial charge is 0.465 e. The van der Waals surface area contributed by atoms with Crippen molar-refractivity contribution in [3.8, 4) is 5.75 Å². The third kappa shape index (κ3) is 6.52. The number of benzene rings is 1. The number of ether oxygens (including phenoxy) is 2. The fourth-order valence-electron chi connectivity index (χ4n) is 2.80. The summed E-state index contributed by atoms with van der Waals surface area (Å²) in [5.41, 5.74) is 1.42. The lowest BCUT2D eigenvalue weighted by Gasteiger charge is -2.23. The fraction of sp³-hybridized carbons (Fsp3) is 0.684. The molecule has 0 aromatic heterocycles. The molecule has 1 fully saturated rings. The van der Waals surface area contributed by atoms with Crippen molar-refractivity contribution in [1.29, 1.82) is 0 Å². The highest BCUT2D eigenvalue weighted by atomic mass is 16.7. The molecule has 1 heterocycles. The van der Waals surface area contributed by atoms with E-state index in [0.29, 0.717) is 0 Å². The Labute approximate surface area is 129 Å². The summed E-state index contributed by atoms with van der Waals surface area (Å²) in [4.78, 5) is 0. The van der Waals surface area contributed by atoms with Crippen molar-refractivity contribution in [3.63, 3.8) is 0 Å². The zero-order valence-electron chi connectivity index (χ0n) is 13.5. The number of hydrogen-bond donors (Lipinski definition) is 0. The van der Waals surface area contributed by atoms with Crippen molar-refractivity contribution in [3.05, 3.63) is 29.8 Å². The third-order valence-electron chi connectivity index (χ3n) is 4.15. The van der Waals surface area contributed by atoms with Crippen LogP contribution in [0, 0.1) is 0 Å². The van der Waals surface area contributed by atoms with Crippen LogP contribution in [0.3, 0.4) is 0 Å². The number of unbranched alkanes of at least 4 members (excludes halogenated alkanes) is 5. The molecule has 0 saturated carbocycles. The van der Waals surface area contributed by atoms with Crippen LogP contribution in [-0.4, -0.2) is 12.9 Å². The van der Waals surface area contributed by atoms with Gasteiger partial charge >= 0.3 is 0 Å². The second kappa shape index (κ2) is 9.83. The van der Waals surface area contributed by atoms with Gasteiger partial charge in [-0.1, -0.05) is 51.2 Å². The highest BCUT2D eigenvalue weighted by Crippen LogP contribution is 2.20. The SMILES string of the molecule is CCCCCCCCc1ccc(OC2CCCCO2)cc1. The van der Waals surface area contributed by atoms with E-state index in [1.807, 2.05) is 0 Å². The van der Waals surface area contributed by atoms with Crippen LogP contribution < -0.4 is 4.74 Å². The average Bonchev–Trinajstić information content (AvgIpc) is 2.53. The molecule has 0 N–H and O–H groups in total. The van der Waals surface area contributed by atoms with Gasteiger partial charge in [0.05, 0.1) is 6.61 Å². The van der Waals surface area contributed by atoms with Gasteiger partial charge in [-0.15, -0.1) is 0 Å².